The molecular formula is C11H11ClFNO. The van der Waals surface area contributed by atoms with Crippen molar-refractivity contribution < 1.29 is 9.18 Å². The Hall–Kier alpha value is -1.09. The molecule has 2 rings (SSSR count). The van der Waals surface area contributed by atoms with Gasteiger partial charge in [-0.1, -0.05) is 0 Å². The van der Waals surface area contributed by atoms with Crippen LogP contribution in [0.2, 0.25) is 0 Å². The zero-order chi connectivity index (χ0) is 10.8. The Morgan fingerprint density at radius 1 is 1.47 bits per heavy atom. The van der Waals surface area contributed by atoms with Gasteiger partial charge in [-0.25, -0.2) is 4.39 Å². The third-order valence-electron chi connectivity index (χ3n) is 2.29. The largest absolute Gasteiger partial charge is 0.349 e. The van der Waals surface area contributed by atoms with Gasteiger partial charge in [0, 0.05) is 17.5 Å². The van der Waals surface area contributed by atoms with E-state index in [1.54, 1.807) is 6.07 Å². The Morgan fingerprint density at radius 3 is 2.80 bits per heavy atom. The first-order valence-corrected chi connectivity index (χ1v) is 5.39. The molecule has 0 heterocycles. The minimum Gasteiger partial charge on any atom is -0.349 e. The van der Waals surface area contributed by atoms with E-state index in [1.165, 1.54) is 12.1 Å². The average molecular weight is 228 g/mol. The maximum absolute atomic E-state index is 13.1. The third kappa shape index (κ3) is 2.69. The predicted octanol–water partition coefficient (Wildman–Crippen LogP) is 2.46. The molecule has 4 heteroatoms. The van der Waals surface area contributed by atoms with Gasteiger partial charge < -0.3 is 5.32 Å². The molecule has 0 aliphatic heterocycles. The highest BCUT2D eigenvalue weighted by atomic mass is 35.5. The number of hydrogen-bond acceptors (Lipinski definition) is 1. The van der Waals surface area contributed by atoms with Crippen molar-refractivity contribution in [3.63, 3.8) is 0 Å². The van der Waals surface area contributed by atoms with Gasteiger partial charge >= 0.3 is 0 Å². The van der Waals surface area contributed by atoms with Crippen molar-refractivity contribution in [2.24, 2.45) is 0 Å². The van der Waals surface area contributed by atoms with Crippen LogP contribution in [0.4, 0.5) is 4.39 Å². The fourth-order valence-electron chi connectivity index (χ4n) is 1.36. The summed E-state index contributed by atoms with van der Waals surface area (Å²) in [5.41, 5.74) is 0.968. The zero-order valence-corrected chi connectivity index (χ0v) is 8.85. The van der Waals surface area contributed by atoms with Gasteiger partial charge in [0.15, 0.2) is 0 Å². The highest BCUT2D eigenvalue weighted by molar-refractivity contribution is 6.17. The van der Waals surface area contributed by atoms with Crippen LogP contribution >= 0.6 is 11.6 Å². The van der Waals surface area contributed by atoms with Gasteiger partial charge in [-0.15, -0.1) is 11.6 Å². The van der Waals surface area contributed by atoms with E-state index in [2.05, 4.69) is 5.32 Å². The lowest BCUT2D eigenvalue weighted by atomic mass is 10.1. The second-order valence-electron chi connectivity index (χ2n) is 3.73. The van der Waals surface area contributed by atoms with Crippen molar-refractivity contribution in [2.75, 3.05) is 0 Å². The van der Waals surface area contributed by atoms with Crippen molar-refractivity contribution in [3.8, 4) is 0 Å². The monoisotopic (exact) mass is 227 g/mol. The Kier molecular flexibility index (Phi) is 2.91. The second-order valence-corrected chi connectivity index (χ2v) is 4.00. The van der Waals surface area contributed by atoms with E-state index >= 15 is 0 Å². The summed E-state index contributed by atoms with van der Waals surface area (Å²) in [6, 6.07) is 4.46. The molecule has 0 spiro atoms. The standard InChI is InChI=1S/C11H11ClFNO/c12-6-7-3-8(5-9(13)4-7)11(15)14-10-1-2-10/h3-5,10H,1-2,6H2,(H,14,15). The molecule has 0 saturated heterocycles. The molecule has 1 aromatic rings. The van der Waals surface area contributed by atoms with Crippen LogP contribution in [0.5, 0.6) is 0 Å². The van der Waals surface area contributed by atoms with Gasteiger partial charge in [-0.05, 0) is 36.6 Å². The van der Waals surface area contributed by atoms with E-state index in [9.17, 15) is 9.18 Å². The first kappa shape index (κ1) is 10.4. The van der Waals surface area contributed by atoms with Crippen LogP contribution in [0.25, 0.3) is 0 Å². The predicted molar refractivity (Wildman–Crippen MR) is 56.4 cm³/mol. The van der Waals surface area contributed by atoms with Crippen LogP contribution in [-0.4, -0.2) is 11.9 Å². The molecule has 1 N–H and O–H groups in total. The van der Waals surface area contributed by atoms with Gasteiger partial charge in [-0.2, -0.15) is 0 Å². The minimum absolute atomic E-state index is 0.210. The number of hydrogen-bond donors (Lipinski definition) is 1. The summed E-state index contributed by atoms with van der Waals surface area (Å²) in [6.07, 6.45) is 2.03. The molecule has 1 amide bonds. The maximum atomic E-state index is 13.1. The van der Waals surface area contributed by atoms with E-state index < -0.39 is 5.82 Å². The topological polar surface area (TPSA) is 29.1 Å². The lowest BCUT2D eigenvalue weighted by molar-refractivity contribution is 0.0950. The molecule has 0 atom stereocenters. The van der Waals surface area contributed by atoms with E-state index in [4.69, 9.17) is 11.6 Å². The number of rotatable bonds is 3. The number of benzene rings is 1. The van der Waals surface area contributed by atoms with Gasteiger partial charge in [0.25, 0.3) is 5.91 Å². The van der Waals surface area contributed by atoms with Crippen molar-refractivity contribution in [2.45, 2.75) is 24.8 Å². The molecule has 0 bridgehead atoms. The quantitative estimate of drug-likeness (QED) is 0.790. The third-order valence-corrected chi connectivity index (χ3v) is 2.60. The van der Waals surface area contributed by atoms with Crippen LogP contribution in [0.1, 0.15) is 28.8 Å². The first-order valence-electron chi connectivity index (χ1n) is 4.85. The molecule has 15 heavy (non-hydrogen) atoms. The number of amides is 1. The van der Waals surface area contributed by atoms with Crippen LogP contribution in [-0.2, 0) is 5.88 Å². The molecule has 1 fully saturated rings. The van der Waals surface area contributed by atoms with Crippen LogP contribution in [0, 0.1) is 5.82 Å². The minimum atomic E-state index is -0.422. The van der Waals surface area contributed by atoms with Crippen LogP contribution in [0.15, 0.2) is 18.2 Å². The van der Waals surface area contributed by atoms with E-state index in [0.717, 1.165) is 12.8 Å². The maximum Gasteiger partial charge on any atom is 0.251 e. The van der Waals surface area contributed by atoms with Crippen molar-refractivity contribution in [1.82, 2.24) is 5.32 Å². The highest BCUT2D eigenvalue weighted by Crippen LogP contribution is 2.20. The Bertz CT molecular complexity index is 390. The van der Waals surface area contributed by atoms with Crippen LogP contribution < -0.4 is 5.32 Å². The number of nitrogens with one attached hydrogen (secondary N) is 1. The number of carbonyl (C=O) groups is 1. The molecule has 0 unspecified atom stereocenters. The van der Waals surface area contributed by atoms with Gasteiger partial charge in [0.1, 0.15) is 5.82 Å². The smallest absolute Gasteiger partial charge is 0.251 e. The van der Waals surface area contributed by atoms with Gasteiger partial charge in [-0.3, -0.25) is 4.79 Å². The van der Waals surface area contributed by atoms with Gasteiger partial charge in [0.05, 0.1) is 0 Å². The second kappa shape index (κ2) is 4.19. The summed E-state index contributed by atoms with van der Waals surface area (Å²) in [4.78, 5) is 11.6. The number of halogens is 2. The Morgan fingerprint density at radius 2 is 2.20 bits per heavy atom. The van der Waals surface area contributed by atoms with Gasteiger partial charge in [0.2, 0.25) is 0 Å². The number of alkyl halides is 1. The SMILES string of the molecule is O=C(NC1CC1)c1cc(F)cc(CCl)c1. The zero-order valence-electron chi connectivity index (χ0n) is 8.09. The molecule has 0 aromatic heterocycles. The molecule has 1 saturated carbocycles. The van der Waals surface area contributed by atoms with Crippen LogP contribution in [0.3, 0.4) is 0 Å². The lowest BCUT2D eigenvalue weighted by Gasteiger charge is -2.05. The molecule has 2 nitrogen and oxygen atoms in total. The Labute approximate surface area is 92.4 Å². The summed E-state index contributed by atoms with van der Waals surface area (Å²) in [7, 11) is 0. The summed E-state index contributed by atoms with van der Waals surface area (Å²) >= 11 is 5.60. The fraction of sp³-hybridized carbons (Fsp3) is 0.364. The molecule has 80 valence electrons. The highest BCUT2D eigenvalue weighted by Gasteiger charge is 2.24. The summed E-state index contributed by atoms with van der Waals surface area (Å²) < 4.78 is 13.1. The van der Waals surface area contributed by atoms with E-state index in [1.807, 2.05) is 0 Å². The van der Waals surface area contributed by atoms with Crippen molar-refractivity contribution in [3.05, 3.63) is 35.1 Å². The van der Waals surface area contributed by atoms with E-state index in [0.29, 0.717) is 11.1 Å². The lowest BCUT2D eigenvalue weighted by Crippen LogP contribution is -2.25. The number of carbonyl (C=O) groups excluding carboxylic acids is 1. The first-order chi connectivity index (χ1) is 7.19. The molecular weight excluding hydrogens is 217 g/mol. The summed E-state index contributed by atoms with van der Waals surface area (Å²) in [6.45, 7) is 0. The Balaban J connectivity index is 2.17. The fourth-order valence-corrected chi connectivity index (χ4v) is 1.51. The molecule has 0 radical (unpaired) electrons. The van der Waals surface area contributed by atoms with Crippen molar-refractivity contribution >= 4 is 17.5 Å². The normalized spacial score (nSPS) is 15.1. The average Bonchev–Trinajstić information content (AvgIpc) is 3.00. The summed E-state index contributed by atoms with van der Waals surface area (Å²) in [5, 5.41) is 2.80. The van der Waals surface area contributed by atoms with E-state index in [-0.39, 0.29) is 17.8 Å². The molecule has 1 aliphatic carbocycles. The molecule has 1 aliphatic rings. The molecule has 1 aromatic carbocycles. The summed E-state index contributed by atoms with van der Waals surface area (Å²) in [5.74, 6) is -0.431. The van der Waals surface area contributed by atoms with Crippen molar-refractivity contribution in [1.29, 1.82) is 0 Å².